The Balaban J connectivity index is 4.46. The lowest BCUT2D eigenvalue weighted by atomic mass is 9.77. The van der Waals surface area contributed by atoms with Crippen LogP contribution in [0.5, 0.6) is 0 Å². The standard InChI is InChI=1S/C15H30O4/c1-12(7-10-16)11-14(2,3)8-9-15(4,19-6)13(17)18-5/h12,16H,7-11H2,1-6H3. The Morgan fingerprint density at radius 1 is 1.21 bits per heavy atom. The Morgan fingerprint density at radius 3 is 2.21 bits per heavy atom. The minimum Gasteiger partial charge on any atom is -0.467 e. The first-order chi connectivity index (χ1) is 8.70. The largest absolute Gasteiger partial charge is 0.467 e. The van der Waals surface area contributed by atoms with Gasteiger partial charge in [0, 0.05) is 13.7 Å². The van der Waals surface area contributed by atoms with E-state index in [1.807, 2.05) is 0 Å². The van der Waals surface area contributed by atoms with Gasteiger partial charge >= 0.3 is 5.97 Å². The molecule has 4 nitrogen and oxygen atoms in total. The molecule has 0 saturated heterocycles. The van der Waals surface area contributed by atoms with E-state index in [1.54, 1.807) is 6.92 Å². The van der Waals surface area contributed by atoms with Crippen LogP contribution in [0.2, 0.25) is 0 Å². The summed E-state index contributed by atoms with van der Waals surface area (Å²) in [5.74, 6) is 0.154. The van der Waals surface area contributed by atoms with Crippen molar-refractivity contribution in [2.45, 2.75) is 59.0 Å². The lowest BCUT2D eigenvalue weighted by Crippen LogP contribution is -2.39. The van der Waals surface area contributed by atoms with Crippen molar-refractivity contribution in [2.75, 3.05) is 20.8 Å². The van der Waals surface area contributed by atoms with Crippen molar-refractivity contribution in [1.29, 1.82) is 0 Å². The van der Waals surface area contributed by atoms with Crippen LogP contribution < -0.4 is 0 Å². The number of aliphatic hydroxyl groups is 1. The van der Waals surface area contributed by atoms with E-state index in [1.165, 1.54) is 14.2 Å². The van der Waals surface area contributed by atoms with E-state index < -0.39 is 5.60 Å². The summed E-state index contributed by atoms with van der Waals surface area (Å²) in [6, 6.07) is 0. The van der Waals surface area contributed by atoms with E-state index in [0.29, 0.717) is 12.3 Å². The first-order valence-corrected chi connectivity index (χ1v) is 6.95. The third kappa shape index (κ3) is 6.39. The summed E-state index contributed by atoms with van der Waals surface area (Å²) in [6.07, 6.45) is 3.35. The molecule has 0 aromatic heterocycles. The summed E-state index contributed by atoms with van der Waals surface area (Å²) < 4.78 is 10.1. The molecule has 0 aliphatic heterocycles. The fraction of sp³-hybridized carbons (Fsp3) is 0.933. The molecule has 2 atom stereocenters. The van der Waals surface area contributed by atoms with Crippen molar-refractivity contribution in [2.24, 2.45) is 11.3 Å². The topological polar surface area (TPSA) is 55.8 Å². The first-order valence-electron chi connectivity index (χ1n) is 6.95. The van der Waals surface area contributed by atoms with E-state index >= 15 is 0 Å². The van der Waals surface area contributed by atoms with Crippen molar-refractivity contribution in [3.63, 3.8) is 0 Å². The molecule has 0 fully saturated rings. The van der Waals surface area contributed by atoms with Crippen molar-refractivity contribution in [3.05, 3.63) is 0 Å². The van der Waals surface area contributed by atoms with E-state index in [-0.39, 0.29) is 18.0 Å². The molecule has 0 bridgehead atoms. The smallest absolute Gasteiger partial charge is 0.337 e. The van der Waals surface area contributed by atoms with Gasteiger partial charge in [0.15, 0.2) is 5.60 Å². The molecule has 0 rings (SSSR count). The van der Waals surface area contributed by atoms with Crippen LogP contribution in [0.15, 0.2) is 0 Å². The molecule has 4 heteroatoms. The number of rotatable bonds is 9. The predicted octanol–water partition coefficient (Wildman–Crippen LogP) is 2.78. The van der Waals surface area contributed by atoms with Crippen molar-refractivity contribution in [3.8, 4) is 0 Å². The minimum absolute atomic E-state index is 0.113. The molecule has 0 radical (unpaired) electrons. The van der Waals surface area contributed by atoms with Gasteiger partial charge in [-0.2, -0.15) is 0 Å². The fourth-order valence-corrected chi connectivity index (χ4v) is 2.45. The second kappa shape index (κ2) is 7.85. The number of hydrogen-bond donors (Lipinski definition) is 1. The van der Waals surface area contributed by atoms with Gasteiger partial charge in [0.1, 0.15) is 0 Å². The van der Waals surface area contributed by atoms with Gasteiger partial charge in [-0.05, 0) is 43.9 Å². The van der Waals surface area contributed by atoms with Crippen LogP contribution in [-0.4, -0.2) is 37.5 Å². The van der Waals surface area contributed by atoms with E-state index in [0.717, 1.165) is 19.3 Å². The monoisotopic (exact) mass is 274 g/mol. The third-order valence-electron chi connectivity index (χ3n) is 3.87. The fourth-order valence-electron chi connectivity index (χ4n) is 2.45. The Hall–Kier alpha value is -0.610. The summed E-state index contributed by atoms with van der Waals surface area (Å²) in [4.78, 5) is 11.7. The second-order valence-corrected chi connectivity index (χ2v) is 6.41. The lowest BCUT2D eigenvalue weighted by Gasteiger charge is -2.32. The number of carbonyl (C=O) groups is 1. The maximum absolute atomic E-state index is 11.7. The number of ether oxygens (including phenoxy) is 2. The molecular formula is C15H30O4. The van der Waals surface area contributed by atoms with Crippen LogP contribution in [-0.2, 0) is 14.3 Å². The van der Waals surface area contributed by atoms with Crippen LogP contribution in [0.1, 0.15) is 53.4 Å². The first kappa shape index (κ1) is 18.4. The summed E-state index contributed by atoms with van der Waals surface area (Å²) in [6.45, 7) is 8.53. The number of hydrogen-bond acceptors (Lipinski definition) is 4. The summed E-state index contributed by atoms with van der Waals surface area (Å²) >= 11 is 0. The average molecular weight is 274 g/mol. The van der Waals surface area contributed by atoms with Crippen LogP contribution in [0.25, 0.3) is 0 Å². The van der Waals surface area contributed by atoms with Crippen LogP contribution in [0.3, 0.4) is 0 Å². The van der Waals surface area contributed by atoms with Gasteiger partial charge in [0.05, 0.1) is 7.11 Å². The van der Waals surface area contributed by atoms with Crippen molar-refractivity contribution in [1.82, 2.24) is 0 Å². The zero-order valence-electron chi connectivity index (χ0n) is 13.3. The molecule has 0 aliphatic carbocycles. The SMILES string of the molecule is COC(=O)C(C)(CCC(C)(C)CC(C)CCO)OC. The summed E-state index contributed by atoms with van der Waals surface area (Å²) in [7, 11) is 2.92. The van der Waals surface area contributed by atoms with E-state index in [4.69, 9.17) is 14.6 Å². The maximum Gasteiger partial charge on any atom is 0.337 e. The van der Waals surface area contributed by atoms with Gasteiger partial charge < -0.3 is 14.6 Å². The van der Waals surface area contributed by atoms with Gasteiger partial charge in [-0.1, -0.05) is 20.8 Å². The molecule has 0 saturated carbocycles. The van der Waals surface area contributed by atoms with Gasteiger partial charge in [0.25, 0.3) is 0 Å². The molecule has 2 unspecified atom stereocenters. The van der Waals surface area contributed by atoms with Gasteiger partial charge in [-0.3, -0.25) is 0 Å². The van der Waals surface area contributed by atoms with Crippen molar-refractivity contribution < 1.29 is 19.4 Å². The number of carbonyl (C=O) groups excluding carboxylic acids is 1. The lowest BCUT2D eigenvalue weighted by molar-refractivity contribution is -0.165. The molecule has 0 aromatic rings. The molecule has 0 amide bonds. The third-order valence-corrected chi connectivity index (χ3v) is 3.87. The highest BCUT2D eigenvalue weighted by Gasteiger charge is 2.36. The van der Waals surface area contributed by atoms with Gasteiger partial charge in [-0.25, -0.2) is 4.79 Å². The predicted molar refractivity (Wildman–Crippen MR) is 75.9 cm³/mol. The Bertz CT molecular complexity index is 275. The Labute approximate surface area is 117 Å². The molecule has 0 aromatic carbocycles. The highest BCUT2D eigenvalue weighted by atomic mass is 16.6. The van der Waals surface area contributed by atoms with Gasteiger partial charge in [-0.15, -0.1) is 0 Å². The average Bonchev–Trinajstić information content (AvgIpc) is 2.34. The highest BCUT2D eigenvalue weighted by molar-refractivity contribution is 5.78. The molecule has 19 heavy (non-hydrogen) atoms. The molecule has 0 aliphatic rings. The number of methoxy groups -OCH3 is 2. The van der Waals surface area contributed by atoms with Crippen LogP contribution >= 0.6 is 0 Å². The molecule has 0 heterocycles. The van der Waals surface area contributed by atoms with Crippen LogP contribution in [0, 0.1) is 11.3 Å². The van der Waals surface area contributed by atoms with E-state index in [2.05, 4.69) is 20.8 Å². The normalized spacial score (nSPS) is 16.8. The highest BCUT2D eigenvalue weighted by Crippen LogP contribution is 2.34. The summed E-state index contributed by atoms with van der Waals surface area (Å²) in [5, 5.41) is 8.95. The minimum atomic E-state index is -0.869. The zero-order valence-corrected chi connectivity index (χ0v) is 13.3. The van der Waals surface area contributed by atoms with E-state index in [9.17, 15) is 4.79 Å². The molecule has 114 valence electrons. The van der Waals surface area contributed by atoms with Gasteiger partial charge in [0.2, 0.25) is 0 Å². The molecule has 0 spiro atoms. The molecule has 1 N–H and O–H groups in total. The Morgan fingerprint density at radius 2 is 1.79 bits per heavy atom. The second-order valence-electron chi connectivity index (χ2n) is 6.41. The number of aliphatic hydroxyl groups excluding tert-OH is 1. The molecular weight excluding hydrogens is 244 g/mol. The zero-order chi connectivity index (χ0) is 15.1. The van der Waals surface area contributed by atoms with Crippen molar-refractivity contribution >= 4 is 5.97 Å². The quantitative estimate of drug-likeness (QED) is 0.657. The maximum atomic E-state index is 11.7. The Kier molecular flexibility index (Phi) is 7.60. The summed E-state index contributed by atoms with van der Waals surface area (Å²) in [5.41, 5.74) is -0.755. The van der Waals surface area contributed by atoms with Crippen LogP contribution in [0.4, 0.5) is 0 Å². The number of esters is 1.